The second kappa shape index (κ2) is 14.3. The normalized spacial score (nSPS) is 21.1. The van der Waals surface area contributed by atoms with Gasteiger partial charge in [-0.25, -0.2) is 0 Å². The summed E-state index contributed by atoms with van der Waals surface area (Å²) in [5.41, 5.74) is 5.38. The molecule has 0 saturated heterocycles. The van der Waals surface area contributed by atoms with Crippen LogP contribution in [0.2, 0.25) is 0 Å². The van der Waals surface area contributed by atoms with Crippen LogP contribution in [-0.2, 0) is 29.1 Å². The second-order valence-corrected chi connectivity index (χ2v) is 12.0. The molecule has 0 amide bonds. The number of fused-ring (bicyclic) bond motifs is 10. The molecule has 4 aliphatic rings. The van der Waals surface area contributed by atoms with Crippen molar-refractivity contribution in [2.75, 3.05) is 28.4 Å². The van der Waals surface area contributed by atoms with Crippen molar-refractivity contribution in [3.8, 4) is 23.0 Å². The average molecular weight is 672 g/mol. The van der Waals surface area contributed by atoms with Crippen LogP contribution in [0.3, 0.4) is 0 Å². The Hall–Kier alpha value is -3.46. The van der Waals surface area contributed by atoms with Gasteiger partial charge < -0.3 is 38.7 Å². The minimum absolute atomic E-state index is 0. The molecule has 0 radical (unpaired) electrons. The molecule has 0 N–H and O–H groups in total. The average Bonchev–Trinajstić information content (AvgIpc) is 3.83. The van der Waals surface area contributed by atoms with Crippen LogP contribution in [0.15, 0.2) is 12.1 Å². The molecule has 0 spiro atoms. The van der Waals surface area contributed by atoms with Crippen LogP contribution in [-0.4, -0.2) is 51.9 Å². The van der Waals surface area contributed by atoms with Gasteiger partial charge in [0.25, 0.3) is 0 Å². The number of carbonyl (C=O) groups excluding carboxylic acids is 4. The van der Waals surface area contributed by atoms with Gasteiger partial charge in [0.1, 0.15) is 23.0 Å². The zero-order chi connectivity index (χ0) is 31.7. The van der Waals surface area contributed by atoms with Crippen LogP contribution in [0, 0.1) is 0 Å². The third-order valence-corrected chi connectivity index (χ3v) is 9.70. The van der Waals surface area contributed by atoms with Gasteiger partial charge in [-0.1, -0.05) is 0 Å². The van der Waals surface area contributed by atoms with E-state index in [1.165, 1.54) is 11.1 Å². The van der Waals surface area contributed by atoms with Gasteiger partial charge in [-0.2, -0.15) is 0 Å². The number of ketones is 2. The summed E-state index contributed by atoms with van der Waals surface area (Å²) in [5, 5.41) is 21.2. The van der Waals surface area contributed by atoms with Crippen molar-refractivity contribution in [2.45, 2.75) is 87.9 Å². The minimum Gasteiger partial charge on any atom is -0.550 e. The van der Waals surface area contributed by atoms with Gasteiger partial charge in [-0.3, -0.25) is 9.59 Å². The summed E-state index contributed by atoms with van der Waals surface area (Å²) in [6, 6.07) is 3.41. The maximum atomic E-state index is 12.4. The standard InChI is InChI=1S/2C17H20O5.Zn/c2*1-21-13-8-11(12(18)5-6-14(19)20)17(22-2)16-10-4-3-9(7-10)15(13)16;/h2*8-10H,3-7H2,1-2H3,(H,19,20);/q;;+2/p-2. The molecule has 4 aliphatic carbocycles. The fourth-order valence-electron chi connectivity index (χ4n) is 7.91. The van der Waals surface area contributed by atoms with Crippen LogP contribution in [0.4, 0.5) is 0 Å². The number of hydrogen-bond acceptors (Lipinski definition) is 10. The number of rotatable bonds is 12. The number of aliphatic carboxylic acids is 2. The van der Waals surface area contributed by atoms with E-state index < -0.39 is 11.9 Å². The minimum atomic E-state index is -1.22. The van der Waals surface area contributed by atoms with E-state index in [2.05, 4.69) is 0 Å². The van der Waals surface area contributed by atoms with E-state index in [4.69, 9.17) is 18.9 Å². The third-order valence-electron chi connectivity index (χ3n) is 9.70. The maximum Gasteiger partial charge on any atom is 2.00 e. The molecule has 4 unspecified atom stereocenters. The van der Waals surface area contributed by atoms with Crippen molar-refractivity contribution in [1.29, 1.82) is 0 Å². The number of ether oxygens (including phenoxy) is 4. The van der Waals surface area contributed by atoms with Crippen LogP contribution >= 0.6 is 0 Å². The molecule has 11 heteroatoms. The Balaban J connectivity index is 0.000000200. The van der Waals surface area contributed by atoms with E-state index in [9.17, 15) is 29.4 Å². The van der Waals surface area contributed by atoms with Gasteiger partial charge in [0, 0.05) is 47.0 Å². The first kappa shape index (κ1) is 34.4. The molecule has 2 saturated carbocycles. The molecule has 2 fully saturated rings. The fourth-order valence-corrected chi connectivity index (χ4v) is 7.91. The number of Topliss-reactive ketones (excluding diaryl/α,β-unsaturated/α-hetero) is 2. The predicted molar refractivity (Wildman–Crippen MR) is 155 cm³/mol. The molecule has 10 nitrogen and oxygen atoms in total. The van der Waals surface area contributed by atoms with Crippen LogP contribution in [0.1, 0.15) is 131 Å². The molecule has 4 atom stereocenters. The Morgan fingerprint density at radius 3 is 1.20 bits per heavy atom. The number of carboxylic acids is 2. The van der Waals surface area contributed by atoms with Crippen molar-refractivity contribution in [3.63, 3.8) is 0 Å². The van der Waals surface area contributed by atoms with Gasteiger partial charge in [-0.15, -0.1) is 0 Å². The zero-order valence-electron chi connectivity index (χ0n) is 26.3. The van der Waals surface area contributed by atoms with Gasteiger partial charge >= 0.3 is 19.5 Å². The Morgan fingerprint density at radius 2 is 0.911 bits per heavy atom. The van der Waals surface area contributed by atoms with E-state index in [-0.39, 0.29) is 56.7 Å². The summed E-state index contributed by atoms with van der Waals surface area (Å²) < 4.78 is 22.0. The van der Waals surface area contributed by atoms with Gasteiger partial charge in [0.2, 0.25) is 0 Å². The Bertz CT molecular complexity index is 1390. The number of hydrogen-bond donors (Lipinski definition) is 0. The Labute approximate surface area is 275 Å². The summed E-state index contributed by atoms with van der Waals surface area (Å²) in [7, 11) is 6.32. The first-order valence-corrected chi connectivity index (χ1v) is 15.2. The smallest absolute Gasteiger partial charge is 0.550 e. The van der Waals surface area contributed by atoms with Gasteiger partial charge in [0.05, 0.1) is 39.6 Å². The molecule has 2 aromatic rings. The molecule has 0 aromatic heterocycles. The molecule has 0 aliphatic heterocycles. The number of carboxylic acid groups (broad SMARTS) is 2. The monoisotopic (exact) mass is 670 g/mol. The summed E-state index contributed by atoms with van der Waals surface area (Å²) in [6.07, 6.45) is 5.92. The van der Waals surface area contributed by atoms with Crippen molar-refractivity contribution in [2.24, 2.45) is 0 Å². The van der Waals surface area contributed by atoms with Crippen molar-refractivity contribution in [1.82, 2.24) is 0 Å². The first-order valence-electron chi connectivity index (χ1n) is 15.2. The summed E-state index contributed by atoms with van der Waals surface area (Å²) in [4.78, 5) is 45.9. The molecule has 2 aromatic carbocycles. The first-order chi connectivity index (χ1) is 21.1. The van der Waals surface area contributed by atoms with Crippen molar-refractivity contribution >= 4 is 23.5 Å². The number of methoxy groups -OCH3 is 4. The number of carbonyl (C=O) groups is 4. The molecule has 6 rings (SSSR count). The van der Waals surface area contributed by atoms with E-state index in [0.717, 1.165) is 61.2 Å². The SMILES string of the molecule is COc1cc(C(=O)CCC(=O)[O-])c(OC)c2c1C1CCC2C1.COc1cc(C(=O)CCC(=O)[O-])c(OC)c2c1C1CCC2C1.[Zn+2]. The maximum absolute atomic E-state index is 12.4. The second-order valence-electron chi connectivity index (χ2n) is 12.0. The van der Waals surface area contributed by atoms with Crippen LogP contribution < -0.4 is 29.2 Å². The summed E-state index contributed by atoms with van der Waals surface area (Å²) in [5.74, 6) is 1.51. The van der Waals surface area contributed by atoms with Gasteiger partial charge in [0.15, 0.2) is 11.6 Å². The molecule has 236 valence electrons. The topological polar surface area (TPSA) is 151 Å². The van der Waals surface area contributed by atoms with Crippen LogP contribution in [0.25, 0.3) is 0 Å². The molecular weight excluding hydrogens is 634 g/mol. The Morgan fingerprint density at radius 1 is 0.578 bits per heavy atom. The van der Waals surface area contributed by atoms with E-state index in [0.29, 0.717) is 46.3 Å². The summed E-state index contributed by atoms with van der Waals surface area (Å²) in [6.45, 7) is 0. The van der Waals surface area contributed by atoms with Crippen molar-refractivity contribution in [3.05, 3.63) is 45.5 Å². The van der Waals surface area contributed by atoms with Gasteiger partial charge in [-0.05, 0) is 87.2 Å². The molecule has 0 heterocycles. The quantitative estimate of drug-likeness (QED) is 0.242. The van der Waals surface area contributed by atoms with Crippen LogP contribution in [0.5, 0.6) is 23.0 Å². The molecule has 45 heavy (non-hydrogen) atoms. The number of benzene rings is 2. The molecule has 4 bridgehead atoms. The van der Waals surface area contributed by atoms with E-state index in [1.54, 1.807) is 40.6 Å². The zero-order valence-corrected chi connectivity index (χ0v) is 29.3. The fraction of sp³-hybridized carbons (Fsp3) is 0.529. The predicted octanol–water partition coefficient (Wildman–Crippen LogP) is 3.56. The van der Waals surface area contributed by atoms with E-state index >= 15 is 0 Å². The Kier molecular flexibility index (Phi) is 11.0. The largest absolute Gasteiger partial charge is 2.00 e. The van der Waals surface area contributed by atoms with Crippen molar-refractivity contribution < 1.29 is 67.8 Å². The summed E-state index contributed by atoms with van der Waals surface area (Å²) >= 11 is 0. The van der Waals surface area contributed by atoms with E-state index in [1.807, 2.05) is 0 Å². The third kappa shape index (κ3) is 6.46. The molecular formula is C34H38O10Zn.